The minimum Gasteiger partial charge on any atom is -0.454 e. The van der Waals surface area contributed by atoms with Crippen molar-refractivity contribution >= 4 is 22.8 Å². The van der Waals surface area contributed by atoms with Crippen molar-refractivity contribution in [3.63, 3.8) is 0 Å². The third-order valence-electron chi connectivity index (χ3n) is 5.10. The zero-order valence-electron chi connectivity index (χ0n) is 16.5. The predicted molar refractivity (Wildman–Crippen MR) is 107 cm³/mol. The molecule has 1 amide bonds. The second-order valence-corrected chi connectivity index (χ2v) is 7.09. The van der Waals surface area contributed by atoms with Gasteiger partial charge in [0, 0.05) is 23.1 Å². The molecule has 2 aromatic carbocycles. The van der Waals surface area contributed by atoms with E-state index in [-0.39, 0.29) is 12.7 Å². The number of rotatable bonds is 5. The largest absolute Gasteiger partial charge is 0.454 e. The van der Waals surface area contributed by atoms with Crippen LogP contribution in [0.5, 0.6) is 11.5 Å². The van der Waals surface area contributed by atoms with Gasteiger partial charge in [-0.15, -0.1) is 0 Å². The SMILES string of the molecule is Cc1[nH]c2ccc(C(=O)OC(C)C(=O)NCc3ccc4c(c3)OCO4)cc2c1C. The molecule has 1 aliphatic heterocycles. The van der Waals surface area contributed by atoms with Crippen LogP contribution in [0, 0.1) is 13.8 Å². The van der Waals surface area contributed by atoms with Crippen LogP contribution in [0.4, 0.5) is 0 Å². The smallest absolute Gasteiger partial charge is 0.338 e. The lowest BCUT2D eigenvalue weighted by Gasteiger charge is -2.14. The van der Waals surface area contributed by atoms with Gasteiger partial charge in [-0.2, -0.15) is 0 Å². The third-order valence-corrected chi connectivity index (χ3v) is 5.10. The Morgan fingerprint density at radius 2 is 1.93 bits per heavy atom. The first kappa shape index (κ1) is 18.9. The molecule has 2 N–H and O–H groups in total. The van der Waals surface area contributed by atoms with Crippen LogP contribution in [0.15, 0.2) is 36.4 Å². The van der Waals surface area contributed by atoms with E-state index >= 15 is 0 Å². The van der Waals surface area contributed by atoms with Crippen molar-refractivity contribution in [1.82, 2.24) is 10.3 Å². The van der Waals surface area contributed by atoms with Gasteiger partial charge in [-0.05, 0) is 62.2 Å². The maximum Gasteiger partial charge on any atom is 0.338 e. The Balaban J connectivity index is 1.36. The number of nitrogens with one attached hydrogen (secondary N) is 2. The van der Waals surface area contributed by atoms with Gasteiger partial charge in [0.2, 0.25) is 6.79 Å². The highest BCUT2D eigenvalue weighted by Crippen LogP contribution is 2.32. The van der Waals surface area contributed by atoms with E-state index < -0.39 is 12.1 Å². The summed E-state index contributed by atoms with van der Waals surface area (Å²) in [6.45, 7) is 6.03. The standard InChI is InChI=1S/C22H22N2O5/c1-12-13(2)24-18-6-5-16(9-17(12)18)22(26)29-14(3)21(25)23-10-15-4-7-19-20(8-15)28-11-27-19/h4-9,14,24H,10-11H2,1-3H3,(H,23,25). The maximum absolute atomic E-state index is 12.5. The zero-order valence-corrected chi connectivity index (χ0v) is 16.5. The Bertz CT molecular complexity index is 1100. The van der Waals surface area contributed by atoms with Gasteiger partial charge in [0.05, 0.1) is 5.56 Å². The fourth-order valence-corrected chi connectivity index (χ4v) is 3.25. The monoisotopic (exact) mass is 394 g/mol. The van der Waals surface area contributed by atoms with E-state index in [0.29, 0.717) is 23.6 Å². The van der Waals surface area contributed by atoms with Crippen molar-refractivity contribution in [2.75, 3.05) is 6.79 Å². The topological polar surface area (TPSA) is 89.7 Å². The molecule has 3 aromatic rings. The van der Waals surface area contributed by atoms with Crippen LogP contribution in [0.3, 0.4) is 0 Å². The van der Waals surface area contributed by atoms with Gasteiger partial charge in [0.25, 0.3) is 5.91 Å². The maximum atomic E-state index is 12.5. The summed E-state index contributed by atoms with van der Waals surface area (Å²) in [5.74, 6) is 0.441. The number of amides is 1. The Hall–Kier alpha value is -3.48. The first-order valence-electron chi connectivity index (χ1n) is 9.38. The Morgan fingerprint density at radius 1 is 1.14 bits per heavy atom. The van der Waals surface area contributed by atoms with Crippen molar-refractivity contribution in [2.24, 2.45) is 0 Å². The van der Waals surface area contributed by atoms with E-state index in [0.717, 1.165) is 27.7 Å². The van der Waals surface area contributed by atoms with Gasteiger partial charge < -0.3 is 24.5 Å². The molecular formula is C22H22N2O5. The summed E-state index contributed by atoms with van der Waals surface area (Å²) >= 11 is 0. The van der Waals surface area contributed by atoms with Crippen LogP contribution in [-0.4, -0.2) is 29.8 Å². The van der Waals surface area contributed by atoms with E-state index in [1.807, 2.05) is 32.0 Å². The third kappa shape index (κ3) is 3.76. The molecule has 0 radical (unpaired) electrons. The number of carbonyl (C=O) groups excluding carboxylic acids is 2. The van der Waals surface area contributed by atoms with Gasteiger partial charge in [0.15, 0.2) is 17.6 Å². The summed E-state index contributed by atoms with van der Waals surface area (Å²) in [5.41, 5.74) is 4.39. The van der Waals surface area contributed by atoms with Crippen LogP contribution in [0.25, 0.3) is 10.9 Å². The van der Waals surface area contributed by atoms with Crippen LogP contribution >= 0.6 is 0 Å². The minimum absolute atomic E-state index is 0.200. The number of benzene rings is 2. The van der Waals surface area contributed by atoms with Crippen molar-refractivity contribution in [3.05, 3.63) is 58.8 Å². The summed E-state index contributed by atoms with van der Waals surface area (Å²) in [7, 11) is 0. The first-order valence-corrected chi connectivity index (χ1v) is 9.38. The fourth-order valence-electron chi connectivity index (χ4n) is 3.25. The summed E-state index contributed by atoms with van der Waals surface area (Å²) in [6, 6.07) is 10.8. The number of aromatic nitrogens is 1. The number of H-pyrrole nitrogens is 1. The van der Waals surface area contributed by atoms with Crippen molar-refractivity contribution in [1.29, 1.82) is 0 Å². The van der Waals surface area contributed by atoms with Crippen molar-refractivity contribution in [3.8, 4) is 11.5 Å². The van der Waals surface area contributed by atoms with E-state index in [9.17, 15) is 9.59 Å². The van der Waals surface area contributed by atoms with Crippen molar-refractivity contribution < 1.29 is 23.8 Å². The number of carbonyl (C=O) groups is 2. The molecule has 1 aromatic heterocycles. The van der Waals surface area contributed by atoms with Gasteiger partial charge in [-0.3, -0.25) is 4.79 Å². The molecule has 150 valence electrons. The molecule has 4 rings (SSSR count). The highest BCUT2D eigenvalue weighted by Gasteiger charge is 2.20. The summed E-state index contributed by atoms with van der Waals surface area (Å²) in [4.78, 5) is 28.1. The Kier molecular flexibility index (Phi) is 4.88. The molecule has 0 saturated heterocycles. The number of hydrogen-bond acceptors (Lipinski definition) is 5. The molecule has 0 spiro atoms. The molecule has 0 fully saturated rings. The summed E-state index contributed by atoms with van der Waals surface area (Å²) in [5, 5.41) is 3.74. The Labute approximate surface area is 168 Å². The van der Waals surface area contributed by atoms with Gasteiger partial charge in [-0.1, -0.05) is 6.07 Å². The molecule has 29 heavy (non-hydrogen) atoms. The summed E-state index contributed by atoms with van der Waals surface area (Å²) in [6.07, 6.45) is -0.915. The number of esters is 1. The molecular weight excluding hydrogens is 372 g/mol. The van der Waals surface area contributed by atoms with Gasteiger partial charge >= 0.3 is 5.97 Å². The fraction of sp³-hybridized carbons (Fsp3) is 0.273. The quantitative estimate of drug-likeness (QED) is 0.648. The molecule has 1 atom stereocenters. The lowest BCUT2D eigenvalue weighted by molar-refractivity contribution is -0.129. The molecule has 2 heterocycles. The van der Waals surface area contributed by atoms with E-state index in [2.05, 4.69) is 10.3 Å². The molecule has 0 aliphatic carbocycles. The molecule has 0 saturated carbocycles. The van der Waals surface area contributed by atoms with E-state index in [1.165, 1.54) is 0 Å². The molecule has 1 unspecified atom stereocenters. The molecule has 7 nitrogen and oxygen atoms in total. The van der Waals surface area contributed by atoms with Gasteiger partial charge in [-0.25, -0.2) is 4.79 Å². The molecule has 0 bridgehead atoms. The number of aryl methyl sites for hydroxylation is 2. The number of fused-ring (bicyclic) bond motifs is 2. The van der Waals surface area contributed by atoms with E-state index in [1.54, 1.807) is 25.1 Å². The summed E-state index contributed by atoms with van der Waals surface area (Å²) < 4.78 is 15.9. The number of hydrogen-bond donors (Lipinski definition) is 2. The average Bonchev–Trinajstić information content (AvgIpc) is 3.29. The first-order chi connectivity index (χ1) is 13.9. The second kappa shape index (κ2) is 7.50. The Morgan fingerprint density at radius 3 is 2.76 bits per heavy atom. The van der Waals surface area contributed by atoms with Crippen LogP contribution in [0.2, 0.25) is 0 Å². The predicted octanol–water partition coefficient (Wildman–Crippen LogP) is 3.38. The zero-order chi connectivity index (χ0) is 20.5. The van der Waals surface area contributed by atoms with Crippen molar-refractivity contribution in [2.45, 2.75) is 33.4 Å². The molecule has 1 aliphatic rings. The van der Waals surface area contributed by atoms with Crippen LogP contribution < -0.4 is 14.8 Å². The van der Waals surface area contributed by atoms with Crippen LogP contribution in [0.1, 0.15) is 34.1 Å². The normalized spacial score (nSPS) is 13.3. The highest BCUT2D eigenvalue weighted by atomic mass is 16.7. The molecule has 7 heteroatoms. The average molecular weight is 394 g/mol. The lowest BCUT2D eigenvalue weighted by Crippen LogP contribution is -2.35. The minimum atomic E-state index is -0.915. The number of aromatic amines is 1. The van der Waals surface area contributed by atoms with E-state index in [4.69, 9.17) is 14.2 Å². The second-order valence-electron chi connectivity index (χ2n) is 7.09. The van der Waals surface area contributed by atoms with Gasteiger partial charge in [0.1, 0.15) is 0 Å². The lowest BCUT2D eigenvalue weighted by atomic mass is 10.1. The van der Waals surface area contributed by atoms with Crippen LogP contribution in [-0.2, 0) is 16.1 Å². The number of ether oxygens (including phenoxy) is 3. The highest BCUT2D eigenvalue weighted by molar-refractivity contribution is 5.97.